The Bertz CT molecular complexity index is 447. The largest absolute Gasteiger partial charge is 0.451 e. The van der Waals surface area contributed by atoms with Gasteiger partial charge in [-0.2, -0.15) is 13.2 Å². The quantitative estimate of drug-likeness (QED) is 0.889. The number of alkyl halides is 3. The van der Waals surface area contributed by atoms with E-state index in [1.165, 1.54) is 6.20 Å². The predicted molar refractivity (Wildman–Crippen MR) is 64.5 cm³/mol. The fraction of sp³-hybridized carbons (Fsp3) is 0.667. The SMILES string of the molecule is Cc1nc(C(F)(F)F)ncc1CN1CCN[C@@H](C)C1. The highest BCUT2D eigenvalue weighted by Crippen LogP contribution is 2.26. The highest BCUT2D eigenvalue weighted by Gasteiger charge is 2.34. The minimum atomic E-state index is -4.48. The molecule has 2 rings (SSSR count). The van der Waals surface area contributed by atoms with Crippen molar-refractivity contribution in [2.24, 2.45) is 0 Å². The van der Waals surface area contributed by atoms with Gasteiger partial charge in [0.05, 0.1) is 0 Å². The summed E-state index contributed by atoms with van der Waals surface area (Å²) in [6.45, 7) is 6.92. The van der Waals surface area contributed by atoms with E-state index in [1.54, 1.807) is 6.92 Å². The highest BCUT2D eigenvalue weighted by molar-refractivity contribution is 5.17. The molecular formula is C12H17F3N4. The molecule has 1 aromatic rings. The van der Waals surface area contributed by atoms with Gasteiger partial charge >= 0.3 is 6.18 Å². The van der Waals surface area contributed by atoms with Crippen LogP contribution in [0.3, 0.4) is 0 Å². The van der Waals surface area contributed by atoms with E-state index in [0.29, 0.717) is 18.3 Å². The van der Waals surface area contributed by atoms with Crippen molar-refractivity contribution in [2.75, 3.05) is 19.6 Å². The monoisotopic (exact) mass is 274 g/mol. The van der Waals surface area contributed by atoms with Crippen molar-refractivity contribution in [1.82, 2.24) is 20.2 Å². The van der Waals surface area contributed by atoms with Gasteiger partial charge in [-0.15, -0.1) is 0 Å². The number of hydrogen-bond donors (Lipinski definition) is 1. The van der Waals surface area contributed by atoms with Crippen molar-refractivity contribution in [2.45, 2.75) is 32.6 Å². The van der Waals surface area contributed by atoms with E-state index in [9.17, 15) is 13.2 Å². The molecule has 1 atom stereocenters. The summed E-state index contributed by atoms with van der Waals surface area (Å²) in [6.07, 6.45) is -3.19. The Kier molecular flexibility index (Phi) is 4.05. The second-order valence-electron chi connectivity index (χ2n) is 4.89. The predicted octanol–water partition coefficient (Wildman–Crippen LogP) is 1.60. The van der Waals surface area contributed by atoms with Gasteiger partial charge < -0.3 is 5.32 Å². The minimum absolute atomic E-state index is 0.393. The molecule has 2 heterocycles. The van der Waals surface area contributed by atoms with Crippen LogP contribution in [-0.4, -0.2) is 40.5 Å². The second-order valence-corrected chi connectivity index (χ2v) is 4.89. The van der Waals surface area contributed by atoms with Gasteiger partial charge in [-0.05, 0) is 13.8 Å². The van der Waals surface area contributed by atoms with Crippen LogP contribution in [0.15, 0.2) is 6.20 Å². The van der Waals surface area contributed by atoms with Crippen LogP contribution in [0.2, 0.25) is 0 Å². The van der Waals surface area contributed by atoms with Gasteiger partial charge in [0, 0.05) is 49.7 Å². The Morgan fingerprint density at radius 2 is 2.21 bits per heavy atom. The molecule has 1 aromatic heterocycles. The Labute approximate surface area is 110 Å². The number of nitrogens with one attached hydrogen (secondary N) is 1. The summed E-state index contributed by atoms with van der Waals surface area (Å²) in [7, 11) is 0. The van der Waals surface area contributed by atoms with Crippen LogP contribution in [0.5, 0.6) is 0 Å². The Morgan fingerprint density at radius 1 is 1.47 bits per heavy atom. The van der Waals surface area contributed by atoms with E-state index in [4.69, 9.17) is 0 Å². The lowest BCUT2D eigenvalue weighted by Crippen LogP contribution is -2.48. The van der Waals surface area contributed by atoms with Gasteiger partial charge in [-0.25, -0.2) is 9.97 Å². The molecule has 0 saturated carbocycles. The van der Waals surface area contributed by atoms with Gasteiger partial charge in [0.15, 0.2) is 0 Å². The Hall–Kier alpha value is -1.21. The Morgan fingerprint density at radius 3 is 2.79 bits per heavy atom. The van der Waals surface area contributed by atoms with Crippen molar-refractivity contribution in [3.05, 3.63) is 23.3 Å². The summed E-state index contributed by atoms with van der Waals surface area (Å²) in [5.41, 5.74) is 1.15. The maximum atomic E-state index is 12.5. The average Bonchev–Trinajstić information content (AvgIpc) is 2.30. The van der Waals surface area contributed by atoms with Crippen molar-refractivity contribution in [3.8, 4) is 0 Å². The normalized spacial score (nSPS) is 21.6. The molecule has 0 aromatic carbocycles. The molecule has 0 aliphatic carbocycles. The molecule has 1 aliphatic rings. The first kappa shape index (κ1) is 14.2. The second kappa shape index (κ2) is 5.42. The number of aromatic nitrogens is 2. The number of rotatable bonds is 2. The Balaban J connectivity index is 2.09. The number of halogens is 3. The van der Waals surface area contributed by atoms with Gasteiger partial charge in [0.25, 0.3) is 0 Å². The van der Waals surface area contributed by atoms with Gasteiger partial charge in [0.2, 0.25) is 5.82 Å². The fourth-order valence-corrected chi connectivity index (χ4v) is 2.18. The zero-order chi connectivity index (χ0) is 14.0. The van der Waals surface area contributed by atoms with Crippen LogP contribution in [-0.2, 0) is 12.7 Å². The van der Waals surface area contributed by atoms with E-state index < -0.39 is 12.0 Å². The van der Waals surface area contributed by atoms with Crippen LogP contribution < -0.4 is 5.32 Å². The number of nitrogens with zero attached hydrogens (tertiary/aromatic N) is 3. The fourth-order valence-electron chi connectivity index (χ4n) is 2.18. The van der Waals surface area contributed by atoms with E-state index in [-0.39, 0.29) is 0 Å². The van der Waals surface area contributed by atoms with Crippen LogP contribution in [0.1, 0.15) is 24.0 Å². The maximum absolute atomic E-state index is 12.5. The minimum Gasteiger partial charge on any atom is -0.312 e. The topological polar surface area (TPSA) is 41.1 Å². The molecule has 1 aliphatic heterocycles. The first-order valence-electron chi connectivity index (χ1n) is 6.21. The summed E-state index contributed by atoms with van der Waals surface area (Å²) in [5.74, 6) is -1.07. The smallest absolute Gasteiger partial charge is 0.312 e. The molecule has 1 saturated heterocycles. The van der Waals surface area contributed by atoms with Gasteiger partial charge in [-0.3, -0.25) is 4.90 Å². The van der Waals surface area contributed by atoms with Crippen molar-refractivity contribution in [1.29, 1.82) is 0 Å². The number of aryl methyl sites for hydroxylation is 1. The van der Waals surface area contributed by atoms with Gasteiger partial charge in [0.1, 0.15) is 0 Å². The lowest BCUT2D eigenvalue weighted by molar-refractivity contribution is -0.145. The molecule has 19 heavy (non-hydrogen) atoms. The lowest BCUT2D eigenvalue weighted by Gasteiger charge is -2.31. The third-order valence-corrected chi connectivity index (χ3v) is 3.18. The van der Waals surface area contributed by atoms with Gasteiger partial charge in [-0.1, -0.05) is 0 Å². The van der Waals surface area contributed by atoms with E-state index in [0.717, 1.165) is 25.2 Å². The third-order valence-electron chi connectivity index (χ3n) is 3.18. The van der Waals surface area contributed by atoms with E-state index in [2.05, 4.69) is 27.1 Å². The summed E-state index contributed by atoms with van der Waals surface area (Å²) < 4.78 is 37.4. The summed E-state index contributed by atoms with van der Waals surface area (Å²) in [6, 6.07) is 0.393. The van der Waals surface area contributed by atoms with E-state index in [1.807, 2.05) is 0 Å². The van der Waals surface area contributed by atoms with Crippen LogP contribution in [0.25, 0.3) is 0 Å². The molecule has 0 spiro atoms. The first-order chi connectivity index (χ1) is 8.86. The molecule has 0 amide bonds. The molecule has 0 unspecified atom stereocenters. The summed E-state index contributed by atoms with van der Waals surface area (Å²) in [5, 5.41) is 3.32. The molecular weight excluding hydrogens is 257 g/mol. The standard InChI is InChI=1S/C12H17F3N4/c1-8-6-19(4-3-16-8)7-10-5-17-11(12(13,14)15)18-9(10)2/h5,8,16H,3-4,6-7H2,1-2H3/t8-/m0/s1. The molecule has 106 valence electrons. The van der Waals surface area contributed by atoms with Crippen molar-refractivity contribution < 1.29 is 13.2 Å². The third kappa shape index (κ3) is 3.63. The van der Waals surface area contributed by atoms with Crippen LogP contribution >= 0.6 is 0 Å². The molecule has 7 heteroatoms. The molecule has 0 radical (unpaired) electrons. The van der Waals surface area contributed by atoms with Crippen LogP contribution in [0, 0.1) is 6.92 Å². The summed E-state index contributed by atoms with van der Waals surface area (Å²) >= 11 is 0. The number of hydrogen-bond acceptors (Lipinski definition) is 4. The van der Waals surface area contributed by atoms with E-state index >= 15 is 0 Å². The zero-order valence-corrected chi connectivity index (χ0v) is 11.0. The highest BCUT2D eigenvalue weighted by atomic mass is 19.4. The van der Waals surface area contributed by atoms with Crippen molar-refractivity contribution >= 4 is 0 Å². The first-order valence-corrected chi connectivity index (χ1v) is 6.21. The lowest BCUT2D eigenvalue weighted by atomic mass is 10.2. The zero-order valence-electron chi connectivity index (χ0n) is 11.0. The number of piperazine rings is 1. The molecule has 1 N–H and O–H groups in total. The van der Waals surface area contributed by atoms with Crippen LogP contribution in [0.4, 0.5) is 13.2 Å². The molecule has 0 bridgehead atoms. The van der Waals surface area contributed by atoms with Crippen molar-refractivity contribution in [3.63, 3.8) is 0 Å². The average molecular weight is 274 g/mol. The molecule has 1 fully saturated rings. The molecule has 4 nitrogen and oxygen atoms in total. The maximum Gasteiger partial charge on any atom is 0.451 e. The summed E-state index contributed by atoms with van der Waals surface area (Å²) in [4.78, 5) is 9.16.